The number of ether oxygens (including phenoxy) is 1. The third kappa shape index (κ3) is 6.16. The number of hydrogen-bond donors (Lipinski definition) is 2. The minimum atomic E-state index is -0.227. The number of halogens is 2. The number of methoxy groups -OCH3 is 1. The molecule has 0 spiro atoms. The average molecular weight is 461 g/mol. The average Bonchev–Trinajstić information content (AvgIpc) is 2.76. The molecule has 0 aliphatic heterocycles. The van der Waals surface area contributed by atoms with Crippen molar-refractivity contribution < 1.29 is 14.3 Å². The van der Waals surface area contributed by atoms with Gasteiger partial charge in [-0.25, -0.2) is 0 Å². The summed E-state index contributed by atoms with van der Waals surface area (Å²) in [7, 11) is 1.55. The van der Waals surface area contributed by atoms with Crippen LogP contribution in [0.4, 0.5) is 11.4 Å². The topological polar surface area (TPSA) is 67.4 Å². The van der Waals surface area contributed by atoms with E-state index in [0.29, 0.717) is 32.7 Å². The van der Waals surface area contributed by atoms with Crippen LogP contribution < -0.4 is 15.4 Å². The largest absolute Gasteiger partial charge is 0.497 e. The number of hydrogen-bond acceptors (Lipinski definition) is 4. The molecule has 154 valence electrons. The van der Waals surface area contributed by atoms with E-state index in [1.807, 2.05) is 12.1 Å². The van der Waals surface area contributed by atoms with Gasteiger partial charge in [-0.15, -0.1) is 11.8 Å². The summed E-state index contributed by atoms with van der Waals surface area (Å²) in [6.07, 6.45) is 0. The van der Waals surface area contributed by atoms with Crippen molar-refractivity contribution in [2.75, 3.05) is 23.5 Å². The number of anilines is 2. The molecule has 0 aliphatic rings. The zero-order valence-electron chi connectivity index (χ0n) is 15.9. The highest BCUT2D eigenvalue weighted by Gasteiger charge is 2.09. The van der Waals surface area contributed by atoms with E-state index in [2.05, 4.69) is 10.6 Å². The highest BCUT2D eigenvalue weighted by Crippen LogP contribution is 2.26. The van der Waals surface area contributed by atoms with Crippen LogP contribution >= 0.6 is 35.0 Å². The maximum Gasteiger partial charge on any atom is 0.255 e. The Kier molecular flexibility index (Phi) is 7.63. The van der Waals surface area contributed by atoms with Crippen molar-refractivity contribution in [1.82, 2.24) is 0 Å². The van der Waals surface area contributed by atoms with Crippen LogP contribution in [0.25, 0.3) is 0 Å². The van der Waals surface area contributed by atoms with E-state index in [9.17, 15) is 9.59 Å². The van der Waals surface area contributed by atoms with Gasteiger partial charge in [0.25, 0.3) is 5.91 Å². The van der Waals surface area contributed by atoms with Crippen LogP contribution in [-0.2, 0) is 4.79 Å². The van der Waals surface area contributed by atoms with E-state index in [0.717, 1.165) is 4.90 Å². The van der Waals surface area contributed by atoms with Crippen LogP contribution in [0.5, 0.6) is 5.75 Å². The Morgan fingerprint density at radius 3 is 2.33 bits per heavy atom. The van der Waals surface area contributed by atoms with Gasteiger partial charge in [0, 0.05) is 21.8 Å². The highest BCUT2D eigenvalue weighted by molar-refractivity contribution is 8.00. The van der Waals surface area contributed by atoms with E-state index in [-0.39, 0.29) is 17.6 Å². The molecule has 0 radical (unpaired) electrons. The van der Waals surface area contributed by atoms with E-state index in [4.69, 9.17) is 27.9 Å². The van der Waals surface area contributed by atoms with E-state index in [1.54, 1.807) is 61.7 Å². The summed E-state index contributed by atoms with van der Waals surface area (Å²) >= 11 is 13.2. The number of benzene rings is 3. The molecule has 0 fully saturated rings. The summed E-state index contributed by atoms with van der Waals surface area (Å²) in [6, 6.07) is 19.1. The van der Waals surface area contributed by atoms with E-state index < -0.39 is 0 Å². The minimum Gasteiger partial charge on any atom is -0.497 e. The Bertz CT molecular complexity index is 1060. The first kappa shape index (κ1) is 22.0. The van der Waals surface area contributed by atoms with Gasteiger partial charge in [0.1, 0.15) is 5.75 Å². The van der Waals surface area contributed by atoms with Crippen molar-refractivity contribution >= 4 is 58.2 Å². The lowest BCUT2D eigenvalue weighted by molar-refractivity contribution is -0.113. The Balaban J connectivity index is 1.52. The molecule has 0 atom stereocenters. The van der Waals surface area contributed by atoms with Gasteiger partial charge in [-0.2, -0.15) is 0 Å². The predicted molar refractivity (Wildman–Crippen MR) is 123 cm³/mol. The molecule has 2 N–H and O–H groups in total. The van der Waals surface area contributed by atoms with Gasteiger partial charge < -0.3 is 15.4 Å². The first-order valence-corrected chi connectivity index (χ1v) is 10.6. The maximum atomic E-state index is 12.4. The SMILES string of the molecule is COc1cccc(C(=O)Nc2ccc(SCC(=O)Nc3ccc(Cl)c(Cl)c3)cc2)c1. The molecule has 0 unspecified atom stereocenters. The molecule has 0 heterocycles. The molecule has 3 aromatic carbocycles. The van der Waals surface area contributed by atoms with Crippen LogP contribution in [0, 0.1) is 0 Å². The Labute approximate surface area is 188 Å². The lowest BCUT2D eigenvalue weighted by Gasteiger charge is -2.08. The molecule has 3 aromatic rings. The zero-order chi connectivity index (χ0) is 21.5. The quantitative estimate of drug-likeness (QED) is 0.425. The molecule has 2 amide bonds. The first-order chi connectivity index (χ1) is 14.4. The van der Waals surface area contributed by atoms with Gasteiger partial charge in [-0.1, -0.05) is 29.3 Å². The Hall–Kier alpha value is -2.67. The van der Waals surface area contributed by atoms with Crippen molar-refractivity contribution in [2.24, 2.45) is 0 Å². The van der Waals surface area contributed by atoms with Crippen LogP contribution in [0.15, 0.2) is 71.6 Å². The summed E-state index contributed by atoms with van der Waals surface area (Å²) in [5.41, 5.74) is 1.75. The fourth-order valence-corrected chi connectivity index (χ4v) is 3.52. The maximum absolute atomic E-state index is 12.4. The number of nitrogens with one attached hydrogen (secondary N) is 2. The van der Waals surface area contributed by atoms with Gasteiger partial charge in [-0.05, 0) is 60.7 Å². The third-order valence-corrected chi connectivity index (χ3v) is 5.77. The molecule has 0 aromatic heterocycles. The monoisotopic (exact) mass is 460 g/mol. The lowest BCUT2D eigenvalue weighted by Crippen LogP contribution is -2.14. The summed E-state index contributed by atoms with van der Waals surface area (Å²) in [5, 5.41) is 6.43. The van der Waals surface area contributed by atoms with Crippen molar-refractivity contribution in [3.8, 4) is 5.75 Å². The molecule has 8 heteroatoms. The summed E-state index contributed by atoms with van der Waals surface area (Å²) < 4.78 is 5.14. The van der Waals surface area contributed by atoms with E-state index in [1.165, 1.54) is 11.8 Å². The highest BCUT2D eigenvalue weighted by atomic mass is 35.5. The molecule has 0 saturated carbocycles. The molecule has 0 aliphatic carbocycles. The summed E-state index contributed by atoms with van der Waals surface area (Å²) in [6.45, 7) is 0. The Morgan fingerprint density at radius 1 is 0.900 bits per heavy atom. The standard InChI is InChI=1S/C22H18Cl2N2O3S/c1-29-17-4-2-3-14(11-17)22(28)26-15-5-8-18(9-6-15)30-13-21(27)25-16-7-10-19(23)20(24)12-16/h2-12H,13H2,1H3,(H,25,27)(H,26,28). The van der Waals surface area contributed by atoms with Crippen LogP contribution in [-0.4, -0.2) is 24.7 Å². The van der Waals surface area contributed by atoms with Crippen molar-refractivity contribution in [1.29, 1.82) is 0 Å². The number of rotatable bonds is 7. The van der Waals surface area contributed by atoms with Gasteiger partial charge in [0.15, 0.2) is 0 Å². The molecule has 3 rings (SSSR count). The second-order valence-corrected chi connectivity index (χ2v) is 8.04. The van der Waals surface area contributed by atoms with Gasteiger partial charge in [-0.3, -0.25) is 9.59 Å². The van der Waals surface area contributed by atoms with Crippen molar-refractivity contribution in [2.45, 2.75) is 4.90 Å². The number of carbonyl (C=O) groups is 2. The molecule has 30 heavy (non-hydrogen) atoms. The summed E-state index contributed by atoms with van der Waals surface area (Å²) in [4.78, 5) is 25.4. The predicted octanol–water partition coefficient (Wildman–Crippen LogP) is 5.99. The van der Waals surface area contributed by atoms with Crippen molar-refractivity contribution in [3.63, 3.8) is 0 Å². The fraction of sp³-hybridized carbons (Fsp3) is 0.0909. The van der Waals surface area contributed by atoms with Crippen LogP contribution in [0.2, 0.25) is 10.0 Å². The van der Waals surface area contributed by atoms with Crippen LogP contribution in [0.1, 0.15) is 10.4 Å². The molecule has 5 nitrogen and oxygen atoms in total. The second-order valence-electron chi connectivity index (χ2n) is 6.18. The smallest absolute Gasteiger partial charge is 0.255 e. The second kappa shape index (κ2) is 10.4. The normalized spacial score (nSPS) is 10.4. The Morgan fingerprint density at radius 2 is 1.63 bits per heavy atom. The summed E-state index contributed by atoms with van der Waals surface area (Å²) in [5.74, 6) is 0.466. The van der Waals surface area contributed by atoms with Gasteiger partial charge >= 0.3 is 0 Å². The third-order valence-electron chi connectivity index (χ3n) is 4.02. The number of thioether (sulfide) groups is 1. The number of carbonyl (C=O) groups excluding carboxylic acids is 2. The van der Waals surface area contributed by atoms with Crippen LogP contribution in [0.3, 0.4) is 0 Å². The number of amides is 2. The first-order valence-electron chi connectivity index (χ1n) is 8.88. The van der Waals surface area contributed by atoms with Gasteiger partial charge in [0.2, 0.25) is 5.91 Å². The lowest BCUT2D eigenvalue weighted by atomic mass is 10.2. The van der Waals surface area contributed by atoms with Crippen molar-refractivity contribution in [3.05, 3.63) is 82.3 Å². The molecular weight excluding hydrogens is 443 g/mol. The zero-order valence-corrected chi connectivity index (χ0v) is 18.3. The van der Waals surface area contributed by atoms with Gasteiger partial charge in [0.05, 0.1) is 22.9 Å². The fourth-order valence-electron chi connectivity index (χ4n) is 2.52. The minimum absolute atomic E-state index is 0.159. The molecular formula is C22H18Cl2N2O3S. The molecule has 0 bridgehead atoms. The van der Waals surface area contributed by atoms with E-state index >= 15 is 0 Å². The molecule has 0 saturated heterocycles.